The van der Waals surface area contributed by atoms with Crippen molar-refractivity contribution in [2.75, 3.05) is 0 Å². The first-order chi connectivity index (χ1) is 12.1. The molecule has 0 radical (unpaired) electrons. The van der Waals surface area contributed by atoms with E-state index in [0.29, 0.717) is 16.4 Å². The number of aromatic amines is 1. The minimum absolute atomic E-state index is 0.443. The zero-order chi connectivity index (χ0) is 17.8. The van der Waals surface area contributed by atoms with Crippen LogP contribution in [0.5, 0.6) is 0 Å². The molecule has 0 aliphatic rings. The summed E-state index contributed by atoms with van der Waals surface area (Å²) < 4.78 is 0. The summed E-state index contributed by atoms with van der Waals surface area (Å²) in [4.78, 5) is 7.10. The Balaban J connectivity index is 0.000000146. The molecule has 5 N–H and O–H groups in total. The molecule has 0 atom stereocenters. The molecule has 0 saturated carbocycles. The van der Waals surface area contributed by atoms with E-state index < -0.39 is 14.2 Å². The predicted molar refractivity (Wildman–Crippen MR) is 99.7 cm³/mol. The summed E-state index contributed by atoms with van der Waals surface area (Å²) in [5, 5.41) is 37.7. The third-order valence-corrected chi connectivity index (χ3v) is 3.82. The van der Waals surface area contributed by atoms with E-state index >= 15 is 0 Å². The van der Waals surface area contributed by atoms with Crippen molar-refractivity contribution in [1.29, 1.82) is 0 Å². The van der Waals surface area contributed by atoms with Gasteiger partial charge >= 0.3 is 14.2 Å². The summed E-state index contributed by atoms with van der Waals surface area (Å²) in [5.41, 5.74) is 2.60. The van der Waals surface area contributed by atoms with Crippen molar-refractivity contribution in [3.8, 4) is 0 Å². The van der Waals surface area contributed by atoms with Gasteiger partial charge in [0, 0.05) is 23.4 Å². The van der Waals surface area contributed by atoms with Crippen LogP contribution in [0.3, 0.4) is 0 Å². The van der Waals surface area contributed by atoms with Gasteiger partial charge in [0.1, 0.15) is 0 Å². The van der Waals surface area contributed by atoms with Gasteiger partial charge in [0.25, 0.3) is 0 Å². The highest BCUT2D eigenvalue weighted by Gasteiger charge is 2.14. The van der Waals surface area contributed by atoms with Crippen LogP contribution in [0.25, 0.3) is 21.8 Å². The van der Waals surface area contributed by atoms with Crippen molar-refractivity contribution < 1.29 is 20.1 Å². The van der Waals surface area contributed by atoms with Crippen molar-refractivity contribution in [2.45, 2.75) is 0 Å². The van der Waals surface area contributed by atoms with E-state index in [2.05, 4.69) is 9.97 Å². The van der Waals surface area contributed by atoms with Gasteiger partial charge in [0.15, 0.2) is 0 Å². The molecule has 0 fully saturated rings. The topological polar surface area (TPSA) is 110 Å². The Morgan fingerprint density at radius 3 is 2.36 bits per heavy atom. The molecule has 124 valence electrons. The number of H-pyrrole nitrogens is 1. The lowest BCUT2D eigenvalue weighted by Gasteiger charge is -2.02. The number of pyridine rings is 1. The molecule has 0 unspecified atom stereocenters. The summed E-state index contributed by atoms with van der Waals surface area (Å²) in [6, 6.07) is 16.2. The summed E-state index contributed by atoms with van der Waals surface area (Å²) in [5.74, 6) is 0. The Morgan fingerprint density at radius 2 is 1.60 bits per heavy atom. The van der Waals surface area contributed by atoms with Gasteiger partial charge in [-0.1, -0.05) is 36.4 Å². The van der Waals surface area contributed by atoms with E-state index in [1.54, 1.807) is 30.5 Å². The number of hydrogen-bond donors (Lipinski definition) is 5. The van der Waals surface area contributed by atoms with Gasteiger partial charge in [-0.05, 0) is 34.4 Å². The average Bonchev–Trinajstić information content (AvgIpc) is 3.09. The first-order valence-electron chi connectivity index (χ1n) is 7.69. The average molecular weight is 334 g/mol. The third kappa shape index (κ3) is 3.89. The lowest BCUT2D eigenvalue weighted by molar-refractivity contribution is 0.424. The second kappa shape index (κ2) is 7.50. The highest BCUT2D eigenvalue weighted by Crippen LogP contribution is 2.09. The maximum atomic E-state index is 9.04. The Kier molecular flexibility index (Phi) is 5.16. The predicted octanol–water partition coefficient (Wildman–Crippen LogP) is -0.238. The molecule has 0 aliphatic carbocycles. The maximum absolute atomic E-state index is 9.04. The summed E-state index contributed by atoms with van der Waals surface area (Å²) in [6.07, 6.45) is 3.45. The number of hydrogen-bond acceptors (Lipinski definition) is 5. The molecule has 6 nitrogen and oxygen atoms in total. The maximum Gasteiger partial charge on any atom is 0.490 e. The van der Waals surface area contributed by atoms with Gasteiger partial charge in [-0.3, -0.25) is 4.98 Å². The second-order valence-electron chi connectivity index (χ2n) is 5.49. The quantitative estimate of drug-likeness (QED) is 0.325. The molecule has 0 aliphatic heterocycles. The van der Waals surface area contributed by atoms with Crippen molar-refractivity contribution in [3.63, 3.8) is 0 Å². The number of aromatic nitrogens is 2. The van der Waals surface area contributed by atoms with Crippen LogP contribution >= 0.6 is 0 Å². The van der Waals surface area contributed by atoms with Gasteiger partial charge in [-0.15, -0.1) is 0 Å². The number of para-hydroxylation sites is 1. The molecule has 0 saturated heterocycles. The van der Waals surface area contributed by atoms with Gasteiger partial charge in [-0.2, -0.15) is 0 Å². The molecule has 25 heavy (non-hydrogen) atoms. The molecular formula is C17H16B2N2O4. The van der Waals surface area contributed by atoms with E-state index in [9.17, 15) is 0 Å². The third-order valence-electron chi connectivity index (χ3n) is 3.82. The smallest absolute Gasteiger partial charge is 0.423 e. The fourth-order valence-corrected chi connectivity index (χ4v) is 2.57. The monoisotopic (exact) mass is 334 g/mol. The highest BCUT2D eigenvalue weighted by molar-refractivity contribution is 6.61. The van der Waals surface area contributed by atoms with Crippen LogP contribution in [-0.4, -0.2) is 44.3 Å². The zero-order valence-electron chi connectivity index (χ0n) is 13.2. The molecule has 2 aromatic carbocycles. The number of rotatable bonds is 2. The summed E-state index contributed by atoms with van der Waals surface area (Å²) in [6.45, 7) is 0. The molecule has 8 heteroatoms. The molecule has 0 spiro atoms. The van der Waals surface area contributed by atoms with Crippen LogP contribution < -0.4 is 10.9 Å². The Bertz CT molecular complexity index is 983. The van der Waals surface area contributed by atoms with Crippen LogP contribution in [-0.2, 0) is 0 Å². The van der Waals surface area contributed by atoms with Crippen molar-refractivity contribution in [1.82, 2.24) is 9.97 Å². The fraction of sp³-hybridized carbons (Fsp3) is 0. The SMILES string of the molecule is OB(O)c1ccc2[nH]ccc2c1.OB(O)c1cccc2cccnc12. The van der Waals surface area contributed by atoms with Crippen molar-refractivity contribution in [2.24, 2.45) is 0 Å². The largest absolute Gasteiger partial charge is 0.490 e. The Labute approximate surface area is 144 Å². The minimum atomic E-state index is -1.46. The molecule has 4 aromatic rings. The summed E-state index contributed by atoms with van der Waals surface area (Å²) >= 11 is 0. The number of fused-ring (bicyclic) bond motifs is 2. The molecule has 0 bridgehead atoms. The van der Waals surface area contributed by atoms with E-state index in [1.165, 1.54) is 0 Å². The first-order valence-corrected chi connectivity index (χ1v) is 7.69. The Hall–Kier alpha value is -2.64. The molecule has 0 amide bonds. The van der Waals surface area contributed by atoms with Gasteiger partial charge in [0.05, 0.1) is 5.52 Å². The fourth-order valence-electron chi connectivity index (χ4n) is 2.57. The number of nitrogens with one attached hydrogen (secondary N) is 1. The number of benzene rings is 2. The van der Waals surface area contributed by atoms with Gasteiger partial charge in [0.2, 0.25) is 0 Å². The van der Waals surface area contributed by atoms with Gasteiger partial charge in [-0.25, -0.2) is 0 Å². The Morgan fingerprint density at radius 1 is 0.800 bits per heavy atom. The van der Waals surface area contributed by atoms with Crippen LogP contribution in [0.15, 0.2) is 67.0 Å². The molecule has 2 aromatic heterocycles. The van der Waals surface area contributed by atoms with Crippen LogP contribution in [0.1, 0.15) is 0 Å². The van der Waals surface area contributed by atoms with E-state index in [4.69, 9.17) is 20.1 Å². The zero-order valence-corrected chi connectivity index (χ0v) is 13.2. The number of nitrogens with zero attached hydrogens (tertiary/aromatic N) is 1. The lowest BCUT2D eigenvalue weighted by Crippen LogP contribution is -2.30. The van der Waals surface area contributed by atoms with Crippen molar-refractivity contribution in [3.05, 3.63) is 67.0 Å². The highest BCUT2D eigenvalue weighted by atomic mass is 16.4. The second-order valence-corrected chi connectivity index (χ2v) is 5.49. The van der Waals surface area contributed by atoms with Crippen LogP contribution in [0.4, 0.5) is 0 Å². The standard InChI is InChI=1S/C9H8BNO2.C8H8BNO2/c12-10(13)8-5-1-3-7-4-2-6-11-9(7)8;11-9(12)7-1-2-8-6(5-7)3-4-10-8/h1-6,12-13H;1-5,10-12H. The minimum Gasteiger partial charge on any atom is -0.423 e. The van der Waals surface area contributed by atoms with Crippen LogP contribution in [0, 0.1) is 0 Å². The molecule has 2 heterocycles. The van der Waals surface area contributed by atoms with E-state index in [0.717, 1.165) is 16.3 Å². The van der Waals surface area contributed by atoms with E-state index in [-0.39, 0.29) is 0 Å². The van der Waals surface area contributed by atoms with Gasteiger partial charge < -0.3 is 25.1 Å². The normalized spacial score (nSPS) is 10.4. The first kappa shape index (κ1) is 17.2. The summed E-state index contributed by atoms with van der Waals surface area (Å²) in [7, 11) is -2.84. The molecule has 4 rings (SSSR count). The lowest BCUT2D eigenvalue weighted by atomic mass is 9.79. The molecular weight excluding hydrogens is 318 g/mol. The van der Waals surface area contributed by atoms with Crippen molar-refractivity contribution >= 4 is 47.0 Å². The van der Waals surface area contributed by atoms with E-state index in [1.807, 2.05) is 36.5 Å². The van der Waals surface area contributed by atoms with Crippen LogP contribution in [0.2, 0.25) is 0 Å².